The van der Waals surface area contributed by atoms with Crippen LogP contribution in [0.25, 0.3) is 77.3 Å². The molecule has 0 saturated carbocycles. The lowest BCUT2D eigenvalue weighted by atomic mass is 9.98. The van der Waals surface area contributed by atoms with E-state index in [4.69, 9.17) is 10.7 Å². The number of benzene rings is 6. The molecule has 0 bridgehead atoms. The standard InChI is InChI=1S/C44H33N3/c1-30(11-10-26-45)41-18-9-19-42(46-41)36-22-23-38-35(28-36)21-25-40-39-24-20-34(29-43(39)47(44(38)40)37-16-6-3-7-17-37)33-15-8-14-32(27-33)31-12-4-2-5-13-31/h2-29H,45H2,1H3/b26-10-,30-11+. The van der Waals surface area contributed by atoms with Gasteiger partial charge >= 0.3 is 0 Å². The Morgan fingerprint density at radius 2 is 1.23 bits per heavy atom. The van der Waals surface area contributed by atoms with Gasteiger partial charge in [0.05, 0.1) is 22.4 Å². The molecule has 2 heterocycles. The molecule has 0 aliphatic rings. The van der Waals surface area contributed by atoms with Crippen molar-refractivity contribution in [3.63, 3.8) is 0 Å². The van der Waals surface area contributed by atoms with Gasteiger partial charge in [0.1, 0.15) is 0 Å². The molecule has 0 spiro atoms. The van der Waals surface area contributed by atoms with Crippen molar-refractivity contribution in [2.45, 2.75) is 6.92 Å². The molecule has 6 aromatic carbocycles. The van der Waals surface area contributed by atoms with Crippen LogP contribution in [-0.2, 0) is 0 Å². The first-order valence-electron chi connectivity index (χ1n) is 15.9. The van der Waals surface area contributed by atoms with Gasteiger partial charge in [0.25, 0.3) is 0 Å². The Labute approximate surface area is 274 Å². The first kappa shape index (κ1) is 28.3. The Morgan fingerprint density at radius 1 is 0.574 bits per heavy atom. The fourth-order valence-corrected chi connectivity index (χ4v) is 6.63. The van der Waals surface area contributed by atoms with Crippen LogP contribution in [0.5, 0.6) is 0 Å². The number of nitrogens with two attached hydrogens (primary N) is 1. The topological polar surface area (TPSA) is 43.8 Å². The second-order valence-corrected chi connectivity index (χ2v) is 11.9. The van der Waals surface area contributed by atoms with Gasteiger partial charge in [-0.15, -0.1) is 0 Å². The fourth-order valence-electron chi connectivity index (χ4n) is 6.63. The number of allylic oxidation sites excluding steroid dienone is 3. The van der Waals surface area contributed by atoms with Crippen LogP contribution < -0.4 is 5.73 Å². The minimum atomic E-state index is 0.936. The molecule has 0 amide bonds. The van der Waals surface area contributed by atoms with Gasteiger partial charge in [0, 0.05) is 27.4 Å². The molecule has 2 aromatic heterocycles. The summed E-state index contributed by atoms with van der Waals surface area (Å²) in [5, 5.41) is 4.86. The van der Waals surface area contributed by atoms with E-state index >= 15 is 0 Å². The van der Waals surface area contributed by atoms with Gasteiger partial charge in [-0.05, 0) is 94.9 Å². The van der Waals surface area contributed by atoms with Crippen molar-refractivity contribution >= 4 is 38.2 Å². The lowest BCUT2D eigenvalue weighted by molar-refractivity contribution is 1.19. The molecule has 0 saturated heterocycles. The van der Waals surface area contributed by atoms with Crippen molar-refractivity contribution in [3.05, 3.63) is 176 Å². The molecular formula is C44H33N3. The molecule has 2 N–H and O–H groups in total. The summed E-state index contributed by atoms with van der Waals surface area (Å²) >= 11 is 0. The van der Waals surface area contributed by atoms with E-state index in [-0.39, 0.29) is 0 Å². The van der Waals surface area contributed by atoms with Gasteiger partial charge in [-0.1, -0.05) is 115 Å². The van der Waals surface area contributed by atoms with Gasteiger partial charge in [0.2, 0.25) is 0 Å². The van der Waals surface area contributed by atoms with Gasteiger partial charge in [0.15, 0.2) is 0 Å². The summed E-state index contributed by atoms with van der Waals surface area (Å²) < 4.78 is 2.43. The van der Waals surface area contributed by atoms with Crippen molar-refractivity contribution in [1.29, 1.82) is 0 Å². The lowest BCUT2D eigenvalue weighted by Crippen LogP contribution is -1.95. The highest BCUT2D eigenvalue weighted by Gasteiger charge is 2.17. The largest absolute Gasteiger partial charge is 0.405 e. The lowest BCUT2D eigenvalue weighted by Gasteiger charge is -2.12. The van der Waals surface area contributed by atoms with Gasteiger partial charge in [-0.3, -0.25) is 0 Å². The zero-order valence-corrected chi connectivity index (χ0v) is 26.1. The van der Waals surface area contributed by atoms with Crippen LogP contribution >= 0.6 is 0 Å². The Bertz CT molecular complexity index is 2470. The van der Waals surface area contributed by atoms with Crippen molar-refractivity contribution in [2.75, 3.05) is 0 Å². The normalized spacial score (nSPS) is 12.1. The van der Waals surface area contributed by atoms with Crippen molar-refractivity contribution < 1.29 is 0 Å². The summed E-state index contributed by atoms with van der Waals surface area (Å²) in [5.74, 6) is 0. The van der Waals surface area contributed by atoms with Crippen LogP contribution in [0.15, 0.2) is 170 Å². The predicted molar refractivity (Wildman–Crippen MR) is 199 cm³/mol. The second kappa shape index (κ2) is 12.0. The molecule has 0 radical (unpaired) electrons. The summed E-state index contributed by atoms with van der Waals surface area (Å²) in [6.45, 7) is 2.05. The number of rotatable bonds is 6. The molecule has 0 aliphatic carbocycles. The van der Waals surface area contributed by atoms with E-state index in [1.807, 2.05) is 18.2 Å². The zero-order valence-electron chi connectivity index (χ0n) is 26.1. The fraction of sp³-hybridized carbons (Fsp3) is 0.0227. The molecule has 0 fully saturated rings. The van der Waals surface area contributed by atoms with E-state index in [1.165, 1.54) is 61.0 Å². The van der Waals surface area contributed by atoms with Crippen LogP contribution in [0, 0.1) is 0 Å². The van der Waals surface area contributed by atoms with Gasteiger partial charge in [-0.25, -0.2) is 4.98 Å². The van der Waals surface area contributed by atoms with E-state index in [9.17, 15) is 0 Å². The van der Waals surface area contributed by atoms with Crippen molar-refractivity contribution in [1.82, 2.24) is 9.55 Å². The van der Waals surface area contributed by atoms with E-state index in [2.05, 4.69) is 157 Å². The number of hydrogen-bond acceptors (Lipinski definition) is 2. The number of hydrogen-bond donors (Lipinski definition) is 1. The predicted octanol–water partition coefficient (Wildman–Crippen LogP) is 11.2. The maximum Gasteiger partial charge on any atom is 0.0709 e. The van der Waals surface area contributed by atoms with E-state index in [0.717, 1.165) is 28.2 Å². The average Bonchev–Trinajstić information content (AvgIpc) is 3.48. The van der Waals surface area contributed by atoms with E-state index in [1.54, 1.807) is 0 Å². The third-order valence-corrected chi connectivity index (χ3v) is 8.97. The van der Waals surface area contributed by atoms with Crippen molar-refractivity contribution in [2.24, 2.45) is 5.73 Å². The first-order chi connectivity index (χ1) is 23.2. The Hall–Kier alpha value is -6.19. The Kier molecular flexibility index (Phi) is 7.20. The smallest absolute Gasteiger partial charge is 0.0709 e. The molecule has 3 nitrogen and oxygen atoms in total. The van der Waals surface area contributed by atoms with Crippen LogP contribution in [0.4, 0.5) is 0 Å². The summed E-state index contributed by atoms with van der Waals surface area (Å²) in [6.07, 6.45) is 5.36. The van der Waals surface area contributed by atoms with Crippen LogP contribution in [0.3, 0.4) is 0 Å². The molecule has 224 valence electrons. The maximum absolute atomic E-state index is 5.55. The quantitative estimate of drug-likeness (QED) is 0.192. The van der Waals surface area contributed by atoms with Gasteiger partial charge < -0.3 is 10.3 Å². The Morgan fingerprint density at radius 3 is 2.04 bits per heavy atom. The summed E-state index contributed by atoms with van der Waals surface area (Å²) in [5.41, 5.74) is 17.9. The first-order valence-corrected chi connectivity index (χ1v) is 15.9. The monoisotopic (exact) mass is 603 g/mol. The van der Waals surface area contributed by atoms with E-state index < -0.39 is 0 Å². The third-order valence-electron chi connectivity index (χ3n) is 8.97. The second-order valence-electron chi connectivity index (χ2n) is 11.9. The molecule has 47 heavy (non-hydrogen) atoms. The number of pyridine rings is 1. The summed E-state index contributed by atoms with van der Waals surface area (Å²) in [6, 6.07) is 54.4. The molecule has 0 unspecified atom stereocenters. The highest BCUT2D eigenvalue weighted by molar-refractivity contribution is 6.19. The van der Waals surface area contributed by atoms with E-state index in [0.29, 0.717) is 0 Å². The molecule has 8 aromatic rings. The summed E-state index contributed by atoms with van der Waals surface area (Å²) in [4.78, 5) is 4.98. The number of aromatic nitrogens is 2. The maximum atomic E-state index is 5.55. The molecule has 0 aliphatic heterocycles. The number of nitrogens with zero attached hydrogens (tertiary/aromatic N) is 2. The third kappa shape index (κ3) is 5.18. The minimum absolute atomic E-state index is 0.936. The molecule has 0 atom stereocenters. The van der Waals surface area contributed by atoms with Crippen LogP contribution in [0.1, 0.15) is 12.6 Å². The highest BCUT2D eigenvalue weighted by Crippen LogP contribution is 2.39. The SMILES string of the molecule is C/C(=C\C=C/N)c1cccc(-c2ccc3c(ccc4c5ccc(-c6cccc(-c7ccccc7)c6)cc5n(-c5ccccc5)c34)c2)n1. The minimum Gasteiger partial charge on any atom is -0.405 e. The molecule has 3 heteroatoms. The summed E-state index contributed by atoms with van der Waals surface area (Å²) in [7, 11) is 0. The van der Waals surface area contributed by atoms with Gasteiger partial charge in [-0.2, -0.15) is 0 Å². The highest BCUT2D eigenvalue weighted by atomic mass is 15.0. The molecule has 8 rings (SSSR count). The Balaban J connectivity index is 1.31. The van der Waals surface area contributed by atoms with Crippen molar-refractivity contribution in [3.8, 4) is 39.2 Å². The zero-order chi connectivity index (χ0) is 31.7. The molecular weight excluding hydrogens is 571 g/mol. The van der Waals surface area contributed by atoms with Crippen LogP contribution in [-0.4, -0.2) is 9.55 Å². The average molecular weight is 604 g/mol. The number of para-hydroxylation sites is 1. The number of fused-ring (bicyclic) bond motifs is 5. The van der Waals surface area contributed by atoms with Crippen LogP contribution in [0.2, 0.25) is 0 Å².